The quantitative estimate of drug-likeness (QED) is 0.134. The fourth-order valence-corrected chi connectivity index (χ4v) is 4.54. The average molecular weight is 546 g/mol. The number of hydrogen-bond acceptors (Lipinski definition) is 7. The normalized spacial score (nSPS) is 14.4. The Labute approximate surface area is 235 Å². The number of nitrogens with zero attached hydrogens (tertiary/aromatic N) is 5. The van der Waals surface area contributed by atoms with Crippen molar-refractivity contribution < 1.29 is 19.2 Å². The van der Waals surface area contributed by atoms with Gasteiger partial charge in [0.1, 0.15) is 23.1 Å². The Morgan fingerprint density at radius 3 is 2.41 bits per heavy atom. The van der Waals surface area contributed by atoms with E-state index in [1.165, 1.54) is 12.1 Å². The number of nitriles is 1. The minimum Gasteiger partial charge on any atom is -0.497 e. The van der Waals surface area contributed by atoms with Crippen molar-refractivity contribution in [2.24, 2.45) is 0 Å². The van der Waals surface area contributed by atoms with Crippen molar-refractivity contribution in [2.45, 2.75) is 13.5 Å². The summed E-state index contributed by atoms with van der Waals surface area (Å²) in [5.41, 5.74) is 2.89. The van der Waals surface area contributed by atoms with Crippen molar-refractivity contribution in [1.82, 2.24) is 14.7 Å². The van der Waals surface area contributed by atoms with Gasteiger partial charge in [0.2, 0.25) is 0 Å². The van der Waals surface area contributed by atoms with Crippen LogP contribution in [0.25, 0.3) is 23.0 Å². The molecule has 0 radical (unpaired) electrons. The average Bonchev–Trinajstić information content (AvgIpc) is 3.42. The molecule has 202 valence electrons. The molecule has 0 saturated heterocycles. The summed E-state index contributed by atoms with van der Waals surface area (Å²) in [6.07, 6.45) is 3.27. The number of nitro benzene ring substituents is 1. The van der Waals surface area contributed by atoms with E-state index in [0.717, 1.165) is 10.6 Å². The predicted octanol–water partition coefficient (Wildman–Crippen LogP) is 5.25. The predicted molar refractivity (Wildman–Crippen MR) is 150 cm³/mol. The molecule has 41 heavy (non-hydrogen) atoms. The van der Waals surface area contributed by atoms with Crippen LogP contribution in [0.3, 0.4) is 0 Å². The van der Waals surface area contributed by atoms with Gasteiger partial charge in [-0.05, 0) is 48.4 Å². The fraction of sp³-hybridized carbons (Fsp3) is 0.0968. The van der Waals surface area contributed by atoms with Gasteiger partial charge in [0, 0.05) is 35.0 Å². The number of para-hydroxylation sites is 1. The molecule has 1 aliphatic heterocycles. The third-order valence-electron chi connectivity index (χ3n) is 6.72. The second kappa shape index (κ2) is 11.1. The zero-order valence-electron chi connectivity index (χ0n) is 22.1. The van der Waals surface area contributed by atoms with E-state index in [0.29, 0.717) is 28.1 Å². The Morgan fingerprint density at radius 2 is 1.76 bits per heavy atom. The topological polar surface area (TPSA) is 131 Å². The number of aromatic nitrogens is 2. The molecule has 5 rings (SSSR count). The monoisotopic (exact) mass is 545 g/mol. The molecule has 0 fully saturated rings. The molecule has 2 amide bonds. The van der Waals surface area contributed by atoms with Crippen molar-refractivity contribution in [1.29, 1.82) is 5.26 Å². The van der Waals surface area contributed by atoms with E-state index in [4.69, 9.17) is 4.74 Å². The summed E-state index contributed by atoms with van der Waals surface area (Å²) in [6, 6.07) is 24.2. The first-order valence-electron chi connectivity index (χ1n) is 12.5. The molecule has 2 heterocycles. The van der Waals surface area contributed by atoms with Gasteiger partial charge in [-0.1, -0.05) is 42.5 Å². The van der Waals surface area contributed by atoms with Gasteiger partial charge in [-0.2, -0.15) is 10.4 Å². The summed E-state index contributed by atoms with van der Waals surface area (Å²) in [5.74, 6) is -0.621. The Bertz CT molecular complexity index is 1780. The van der Waals surface area contributed by atoms with Crippen LogP contribution in [0.4, 0.5) is 5.69 Å². The number of hydrogen-bond donors (Lipinski definition) is 0. The van der Waals surface area contributed by atoms with Crippen LogP contribution in [0.1, 0.15) is 18.1 Å². The number of amides is 2. The third-order valence-corrected chi connectivity index (χ3v) is 6.72. The molecule has 10 heteroatoms. The lowest BCUT2D eigenvalue weighted by Gasteiger charge is -2.27. The van der Waals surface area contributed by atoms with Gasteiger partial charge in [-0.3, -0.25) is 24.6 Å². The first-order valence-corrected chi connectivity index (χ1v) is 12.5. The molecule has 0 spiro atoms. The van der Waals surface area contributed by atoms with Gasteiger partial charge in [0.05, 0.1) is 24.3 Å². The zero-order chi connectivity index (χ0) is 29.1. The van der Waals surface area contributed by atoms with Crippen LogP contribution in [0.5, 0.6) is 5.75 Å². The van der Waals surface area contributed by atoms with E-state index < -0.39 is 16.7 Å². The van der Waals surface area contributed by atoms with Gasteiger partial charge >= 0.3 is 0 Å². The van der Waals surface area contributed by atoms with E-state index in [9.17, 15) is 25.0 Å². The molecule has 0 bridgehead atoms. The van der Waals surface area contributed by atoms with Crippen LogP contribution in [0.15, 0.2) is 102 Å². The molecule has 1 aliphatic rings. The first-order chi connectivity index (χ1) is 19.8. The van der Waals surface area contributed by atoms with Crippen molar-refractivity contribution in [3.05, 3.63) is 123 Å². The maximum Gasteiger partial charge on any atom is 0.271 e. The van der Waals surface area contributed by atoms with Crippen LogP contribution < -0.4 is 4.74 Å². The van der Waals surface area contributed by atoms with Crippen LogP contribution in [0.2, 0.25) is 0 Å². The van der Waals surface area contributed by atoms with E-state index in [-0.39, 0.29) is 29.0 Å². The summed E-state index contributed by atoms with van der Waals surface area (Å²) in [6.45, 7) is 1.51. The molecule has 3 aromatic carbocycles. The highest BCUT2D eigenvalue weighted by Crippen LogP contribution is 2.33. The summed E-state index contributed by atoms with van der Waals surface area (Å²) < 4.78 is 6.79. The number of methoxy groups -OCH3 is 1. The second-order valence-electron chi connectivity index (χ2n) is 9.23. The molecule has 1 aromatic heterocycles. The van der Waals surface area contributed by atoms with Crippen molar-refractivity contribution >= 4 is 23.6 Å². The number of benzene rings is 3. The number of carbonyl (C=O) groups is 2. The molecule has 0 N–H and O–H groups in total. The molecule has 0 saturated carbocycles. The summed E-state index contributed by atoms with van der Waals surface area (Å²) in [5, 5.41) is 26.0. The molecular formula is C31H23N5O5. The van der Waals surface area contributed by atoms with Crippen molar-refractivity contribution in [3.8, 4) is 28.8 Å². The highest BCUT2D eigenvalue weighted by molar-refractivity contribution is 6.19. The minimum atomic E-state index is -0.679. The molecular weight excluding hydrogens is 522 g/mol. The number of imide groups is 1. The number of non-ortho nitro benzene ring substituents is 1. The SMILES string of the molecule is COc1ccc(CN2C(=O)C(C#N)=C(C)/C(=C\c3cn(-c4ccccc4)nc3-c3cccc([N+](=O)[O-])c3)C2=O)cc1. The fourth-order valence-electron chi connectivity index (χ4n) is 4.54. The smallest absolute Gasteiger partial charge is 0.271 e. The largest absolute Gasteiger partial charge is 0.497 e. The number of rotatable bonds is 7. The zero-order valence-corrected chi connectivity index (χ0v) is 22.1. The number of ether oxygens (including phenoxy) is 1. The van der Waals surface area contributed by atoms with Crippen molar-refractivity contribution in [3.63, 3.8) is 0 Å². The van der Waals surface area contributed by atoms with Crippen LogP contribution in [0, 0.1) is 21.4 Å². The standard InChI is InChI=1S/C31H23N5O5/c1-20-27(30(37)34(31(38)28(20)17-32)18-21-11-13-26(41-2)14-12-21)16-23-19-35(24-8-4-3-5-9-24)33-29(23)22-7-6-10-25(15-22)36(39)40/h3-16,19H,18H2,1-2H3/b27-16+. The van der Waals surface area contributed by atoms with Gasteiger partial charge in [0.25, 0.3) is 17.5 Å². The van der Waals surface area contributed by atoms with Crippen LogP contribution in [-0.2, 0) is 16.1 Å². The molecule has 0 unspecified atom stereocenters. The Balaban J connectivity index is 1.64. The van der Waals surface area contributed by atoms with Crippen LogP contribution in [-0.4, -0.2) is 38.5 Å². The van der Waals surface area contributed by atoms with E-state index >= 15 is 0 Å². The van der Waals surface area contributed by atoms with E-state index in [1.807, 2.05) is 36.4 Å². The Morgan fingerprint density at radius 1 is 1.02 bits per heavy atom. The Kier molecular flexibility index (Phi) is 7.26. The number of carbonyl (C=O) groups excluding carboxylic acids is 2. The van der Waals surface area contributed by atoms with Gasteiger partial charge < -0.3 is 4.74 Å². The first kappa shape index (κ1) is 26.8. The highest BCUT2D eigenvalue weighted by Gasteiger charge is 2.35. The van der Waals surface area contributed by atoms with Crippen molar-refractivity contribution in [2.75, 3.05) is 7.11 Å². The molecule has 0 atom stereocenters. The lowest BCUT2D eigenvalue weighted by molar-refractivity contribution is -0.384. The highest BCUT2D eigenvalue weighted by atomic mass is 16.6. The van der Waals surface area contributed by atoms with Gasteiger partial charge in [-0.15, -0.1) is 0 Å². The number of nitro groups is 1. The maximum absolute atomic E-state index is 13.8. The Hall–Kier alpha value is -5.82. The lowest BCUT2D eigenvalue weighted by atomic mass is 9.93. The van der Waals surface area contributed by atoms with Gasteiger partial charge in [0.15, 0.2) is 0 Å². The summed E-state index contributed by atoms with van der Waals surface area (Å²) >= 11 is 0. The lowest BCUT2D eigenvalue weighted by Crippen LogP contribution is -2.42. The molecule has 4 aromatic rings. The van der Waals surface area contributed by atoms with E-state index in [1.54, 1.807) is 67.4 Å². The maximum atomic E-state index is 13.8. The molecule has 0 aliphatic carbocycles. The van der Waals surface area contributed by atoms with E-state index in [2.05, 4.69) is 5.10 Å². The second-order valence-corrected chi connectivity index (χ2v) is 9.23. The minimum absolute atomic E-state index is 0.0432. The molecule has 10 nitrogen and oxygen atoms in total. The van der Waals surface area contributed by atoms with Gasteiger partial charge in [-0.25, -0.2) is 4.68 Å². The third kappa shape index (κ3) is 5.24. The summed E-state index contributed by atoms with van der Waals surface area (Å²) in [7, 11) is 1.54. The van der Waals surface area contributed by atoms with Crippen LogP contribution >= 0.6 is 0 Å². The summed E-state index contributed by atoms with van der Waals surface area (Å²) in [4.78, 5) is 38.9.